The molecule has 0 radical (unpaired) electrons. The molecule has 1 heterocycles. The van der Waals surface area contributed by atoms with Crippen LogP contribution >= 0.6 is 15.9 Å². The predicted molar refractivity (Wildman–Crippen MR) is 80.6 cm³/mol. The molecule has 0 saturated carbocycles. The molecule has 0 aliphatic heterocycles. The molecule has 0 spiro atoms. The second kappa shape index (κ2) is 6.62. The molecule has 0 aliphatic carbocycles. The maximum absolute atomic E-state index is 13.6. The van der Waals surface area contributed by atoms with Gasteiger partial charge in [-0.05, 0) is 24.6 Å². The highest BCUT2D eigenvalue weighted by molar-refractivity contribution is 9.10. The number of aryl methyl sites for hydroxylation is 1. The Morgan fingerprint density at radius 1 is 1.43 bits per heavy atom. The summed E-state index contributed by atoms with van der Waals surface area (Å²) in [5.41, 5.74) is 0.415. The third-order valence-electron chi connectivity index (χ3n) is 2.82. The first-order valence-electron chi connectivity index (χ1n) is 6.30. The number of aromatic nitrogens is 2. The highest BCUT2D eigenvalue weighted by atomic mass is 79.9. The number of anilines is 1. The molecule has 7 heteroatoms. The highest BCUT2D eigenvalue weighted by Gasteiger charge is 2.09. The van der Waals surface area contributed by atoms with Gasteiger partial charge in [0.05, 0.1) is 12.0 Å². The van der Waals surface area contributed by atoms with Gasteiger partial charge in [0.15, 0.2) is 0 Å². The van der Waals surface area contributed by atoms with Crippen molar-refractivity contribution in [2.45, 2.75) is 19.9 Å². The van der Waals surface area contributed by atoms with Gasteiger partial charge in [-0.3, -0.25) is 14.2 Å². The second-order valence-corrected chi connectivity index (χ2v) is 5.29. The summed E-state index contributed by atoms with van der Waals surface area (Å²) < 4.78 is 15.4. The van der Waals surface area contributed by atoms with Crippen LogP contribution in [0.1, 0.15) is 12.6 Å². The molecule has 1 amide bonds. The van der Waals surface area contributed by atoms with Crippen molar-refractivity contribution in [1.82, 2.24) is 9.55 Å². The van der Waals surface area contributed by atoms with Crippen molar-refractivity contribution in [3.05, 3.63) is 56.9 Å². The number of nitrogens with one attached hydrogen (secondary N) is 1. The molecule has 0 unspecified atom stereocenters. The summed E-state index contributed by atoms with van der Waals surface area (Å²) in [6.45, 7) is 1.67. The van der Waals surface area contributed by atoms with E-state index in [1.807, 2.05) is 6.92 Å². The Balaban J connectivity index is 2.10. The third-order valence-corrected chi connectivity index (χ3v) is 3.31. The van der Waals surface area contributed by atoms with Gasteiger partial charge in [-0.1, -0.05) is 22.9 Å². The Morgan fingerprint density at radius 2 is 2.19 bits per heavy atom. The van der Waals surface area contributed by atoms with Gasteiger partial charge < -0.3 is 5.32 Å². The van der Waals surface area contributed by atoms with Gasteiger partial charge in [-0.15, -0.1) is 0 Å². The van der Waals surface area contributed by atoms with Crippen molar-refractivity contribution in [3.63, 3.8) is 0 Å². The number of benzene rings is 1. The minimum atomic E-state index is -0.551. The molecule has 5 nitrogen and oxygen atoms in total. The van der Waals surface area contributed by atoms with E-state index in [4.69, 9.17) is 0 Å². The standard InChI is InChI=1S/C14H13BrFN3O2/c1-2-10-6-14(21)19(8-17-10)7-13(20)18-12-4-3-9(15)5-11(12)16/h3-6,8H,2,7H2,1H3,(H,18,20). The molecule has 0 aliphatic rings. The quantitative estimate of drug-likeness (QED) is 0.917. The number of hydrogen-bond acceptors (Lipinski definition) is 3. The van der Waals surface area contributed by atoms with Crippen LogP contribution in [0.4, 0.5) is 10.1 Å². The van der Waals surface area contributed by atoms with Crippen LogP contribution in [0.2, 0.25) is 0 Å². The van der Waals surface area contributed by atoms with E-state index < -0.39 is 11.7 Å². The van der Waals surface area contributed by atoms with Crippen molar-refractivity contribution >= 4 is 27.5 Å². The van der Waals surface area contributed by atoms with E-state index in [2.05, 4.69) is 26.2 Å². The van der Waals surface area contributed by atoms with Gasteiger partial charge in [-0.2, -0.15) is 0 Å². The molecule has 2 rings (SSSR count). The molecule has 110 valence electrons. The maximum atomic E-state index is 13.6. The molecule has 1 aromatic carbocycles. The summed E-state index contributed by atoms with van der Waals surface area (Å²) in [5, 5.41) is 2.42. The lowest BCUT2D eigenvalue weighted by Crippen LogP contribution is -2.28. The van der Waals surface area contributed by atoms with Gasteiger partial charge in [-0.25, -0.2) is 9.37 Å². The molecular weight excluding hydrogens is 341 g/mol. The molecule has 0 saturated heterocycles. The minimum Gasteiger partial charge on any atom is -0.322 e. The van der Waals surface area contributed by atoms with E-state index in [0.29, 0.717) is 16.6 Å². The van der Waals surface area contributed by atoms with Crippen LogP contribution in [0.5, 0.6) is 0 Å². The normalized spacial score (nSPS) is 10.4. The monoisotopic (exact) mass is 353 g/mol. The van der Waals surface area contributed by atoms with Crippen molar-refractivity contribution in [1.29, 1.82) is 0 Å². The molecular formula is C14H13BrFN3O2. The van der Waals surface area contributed by atoms with Crippen molar-refractivity contribution < 1.29 is 9.18 Å². The lowest BCUT2D eigenvalue weighted by atomic mass is 10.3. The zero-order chi connectivity index (χ0) is 15.4. The van der Waals surface area contributed by atoms with E-state index >= 15 is 0 Å². The van der Waals surface area contributed by atoms with E-state index in [-0.39, 0.29) is 17.8 Å². The topological polar surface area (TPSA) is 64.0 Å². The minimum absolute atomic E-state index is 0.0642. The van der Waals surface area contributed by atoms with E-state index in [1.165, 1.54) is 29.1 Å². The average molecular weight is 354 g/mol. The number of nitrogens with zero attached hydrogens (tertiary/aromatic N) is 2. The molecule has 1 aromatic heterocycles. The van der Waals surface area contributed by atoms with Crippen molar-refractivity contribution in [3.8, 4) is 0 Å². The van der Waals surface area contributed by atoms with Crippen LogP contribution in [0.15, 0.2) is 39.9 Å². The van der Waals surface area contributed by atoms with Crippen LogP contribution in [-0.4, -0.2) is 15.5 Å². The number of amides is 1. The van der Waals surface area contributed by atoms with Crippen LogP contribution < -0.4 is 10.9 Å². The van der Waals surface area contributed by atoms with Crippen LogP contribution in [0, 0.1) is 5.82 Å². The Kier molecular flexibility index (Phi) is 4.85. The number of rotatable bonds is 4. The van der Waals surface area contributed by atoms with Crippen molar-refractivity contribution in [2.24, 2.45) is 0 Å². The van der Waals surface area contributed by atoms with E-state index in [9.17, 15) is 14.0 Å². The maximum Gasteiger partial charge on any atom is 0.253 e. The first-order valence-corrected chi connectivity index (χ1v) is 7.09. The van der Waals surface area contributed by atoms with Crippen molar-refractivity contribution in [2.75, 3.05) is 5.32 Å². The fourth-order valence-electron chi connectivity index (χ4n) is 1.71. The smallest absolute Gasteiger partial charge is 0.253 e. The van der Waals surface area contributed by atoms with Crippen LogP contribution in [0.25, 0.3) is 0 Å². The molecule has 0 bridgehead atoms. The SMILES string of the molecule is CCc1cc(=O)n(CC(=O)Nc2ccc(Br)cc2F)cn1. The lowest BCUT2D eigenvalue weighted by molar-refractivity contribution is -0.116. The Labute approximate surface area is 129 Å². The summed E-state index contributed by atoms with van der Waals surface area (Å²) in [6.07, 6.45) is 1.96. The van der Waals surface area contributed by atoms with Gasteiger partial charge in [0.2, 0.25) is 5.91 Å². The number of carbonyl (C=O) groups excluding carboxylic acids is 1. The largest absolute Gasteiger partial charge is 0.322 e. The van der Waals surface area contributed by atoms with Crippen LogP contribution in [0.3, 0.4) is 0 Å². The summed E-state index contributed by atoms with van der Waals surface area (Å²) >= 11 is 3.13. The zero-order valence-electron chi connectivity index (χ0n) is 11.3. The number of carbonyl (C=O) groups is 1. The number of hydrogen-bond donors (Lipinski definition) is 1. The van der Waals surface area contributed by atoms with E-state index in [0.717, 1.165) is 0 Å². The Hall–Kier alpha value is -2.02. The van der Waals surface area contributed by atoms with Gasteiger partial charge in [0.25, 0.3) is 5.56 Å². The summed E-state index contributed by atoms with van der Waals surface area (Å²) in [5.74, 6) is -1.05. The van der Waals surface area contributed by atoms with Crippen LogP contribution in [-0.2, 0) is 17.8 Å². The highest BCUT2D eigenvalue weighted by Crippen LogP contribution is 2.19. The van der Waals surface area contributed by atoms with Gasteiger partial charge >= 0.3 is 0 Å². The molecule has 0 fully saturated rings. The average Bonchev–Trinajstić information content (AvgIpc) is 2.44. The van der Waals surface area contributed by atoms with Gasteiger partial charge in [0, 0.05) is 16.2 Å². The van der Waals surface area contributed by atoms with E-state index in [1.54, 1.807) is 6.07 Å². The fourth-order valence-corrected chi connectivity index (χ4v) is 2.04. The fraction of sp³-hybridized carbons (Fsp3) is 0.214. The lowest BCUT2D eigenvalue weighted by Gasteiger charge is -2.08. The molecule has 0 atom stereocenters. The Morgan fingerprint density at radius 3 is 2.81 bits per heavy atom. The molecule has 2 aromatic rings. The zero-order valence-corrected chi connectivity index (χ0v) is 12.9. The predicted octanol–water partition coefficient (Wildman–Crippen LogP) is 2.35. The second-order valence-electron chi connectivity index (χ2n) is 4.37. The third kappa shape index (κ3) is 3.98. The molecule has 1 N–H and O–H groups in total. The first kappa shape index (κ1) is 15.4. The Bertz CT molecular complexity index is 730. The summed E-state index contributed by atoms with van der Waals surface area (Å²) in [7, 11) is 0. The first-order chi connectivity index (χ1) is 9.99. The molecule has 21 heavy (non-hydrogen) atoms. The summed E-state index contributed by atoms with van der Waals surface area (Å²) in [6, 6.07) is 5.69. The van der Waals surface area contributed by atoms with Gasteiger partial charge in [0.1, 0.15) is 12.4 Å². The number of halogens is 2. The summed E-state index contributed by atoms with van der Waals surface area (Å²) in [4.78, 5) is 27.7.